The van der Waals surface area contributed by atoms with Crippen molar-refractivity contribution >= 4 is 5.69 Å². The monoisotopic (exact) mass is 191 g/mol. The van der Waals surface area contributed by atoms with Crippen LogP contribution in [0.3, 0.4) is 0 Å². The van der Waals surface area contributed by atoms with Gasteiger partial charge in [-0.05, 0) is 12.5 Å². The van der Waals surface area contributed by atoms with E-state index < -0.39 is 5.72 Å². The van der Waals surface area contributed by atoms with Crippen LogP contribution in [-0.4, -0.2) is 17.2 Å². The van der Waals surface area contributed by atoms with Gasteiger partial charge in [-0.1, -0.05) is 30.3 Å². The van der Waals surface area contributed by atoms with E-state index in [1.54, 1.807) is 7.05 Å². The topological polar surface area (TPSA) is 48.2 Å². The van der Waals surface area contributed by atoms with Crippen LogP contribution in [0.5, 0.6) is 0 Å². The zero-order valence-corrected chi connectivity index (χ0v) is 8.31. The summed E-state index contributed by atoms with van der Waals surface area (Å²) in [5, 5.41) is 19.8. The fraction of sp³-hybridized carbons (Fsp3) is 0.400. The molecule has 1 aliphatic heterocycles. The summed E-state index contributed by atoms with van der Waals surface area (Å²) in [7, 11) is 1.73. The molecule has 1 aromatic carbocycles. The van der Waals surface area contributed by atoms with Gasteiger partial charge in [0.2, 0.25) is 0 Å². The molecule has 0 unspecified atom stereocenters. The molecule has 1 N–H and O–H groups in total. The molecule has 0 aromatic heterocycles. The highest BCUT2D eigenvalue weighted by Crippen LogP contribution is 2.38. The Kier molecular flexibility index (Phi) is 2.00. The predicted molar refractivity (Wildman–Crippen MR) is 52.9 cm³/mol. The molecule has 1 heterocycles. The molecule has 0 aliphatic carbocycles. The summed E-state index contributed by atoms with van der Waals surface area (Å²) in [6.07, 6.45) is 0.583. The smallest absolute Gasteiger partial charge is 0.182 e. The highest BCUT2D eigenvalue weighted by Gasteiger charge is 2.36. The van der Waals surface area contributed by atoms with Gasteiger partial charge in [-0.2, -0.15) is 0 Å². The number of fused-ring (bicyclic) bond motifs is 1. The maximum absolute atomic E-state index is 10.4. The third-order valence-corrected chi connectivity index (χ3v) is 2.65. The highest BCUT2D eigenvalue weighted by atomic mass is 16.3. The first-order valence-corrected chi connectivity index (χ1v) is 4.66. The van der Waals surface area contributed by atoms with Crippen LogP contribution in [0.1, 0.15) is 18.9 Å². The molecule has 74 valence electrons. The fourth-order valence-electron chi connectivity index (χ4n) is 1.68. The lowest BCUT2D eigenvalue weighted by Gasteiger charge is -2.36. The average Bonchev–Trinajstić information content (AvgIpc) is 2.24. The van der Waals surface area contributed by atoms with Crippen LogP contribution >= 0.6 is 0 Å². The van der Waals surface area contributed by atoms with Crippen molar-refractivity contribution in [3.8, 4) is 0 Å². The second kappa shape index (κ2) is 3.06. The molecular formula is C10H13N3O. The summed E-state index contributed by atoms with van der Waals surface area (Å²) in [5.74, 6) is 0. The minimum Gasteiger partial charge on any atom is -0.366 e. The Morgan fingerprint density at radius 1 is 1.43 bits per heavy atom. The maximum Gasteiger partial charge on any atom is 0.182 e. The predicted octanol–water partition coefficient (Wildman–Crippen LogP) is 2.19. The summed E-state index contributed by atoms with van der Waals surface area (Å²) < 4.78 is 0. The summed E-state index contributed by atoms with van der Waals surface area (Å²) in [6, 6.07) is 7.52. The largest absolute Gasteiger partial charge is 0.366 e. The Bertz CT molecular complexity index is 377. The molecule has 1 aromatic rings. The number of rotatable bonds is 1. The van der Waals surface area contributed by atoms with Crippen molar-refractivity contribution in [2.24, 2.45) is 10.3 Å². The van der Waals surface area contributed by atoms with Gasteiger partial charge >= 0.3 is 0 Å². The number of hydrogen-bond acceptors (Lipinski definition) is 4. The molecule has 4 nitrogen and oxygen atoms in total. The van der Waals surface area contributed by atoms with Crippen molar-refractivity contribution in [2.45, 2.75) is 19.1 Å². The number of benzene rings is 1. The molecule has 14 heavy (non-hydrogen) atoms. The number of aliphatic hydroxyl groups is 1. The summed E-state index contributed by atoms with van der Waals surface area (Å²) in [5.41, 5.74) is 0.549. The van der Waals surface area contributed by atoms with Crippen LogP contribution in [0, 0.1) is 0 Å². The van der Waals surface area contributed by atoms with Crippen LogP contribution < -0.4 is 0 Å². The second-order valence-electron chi connectivity index (χ2n) is 3.40. The van der Waals surface area contributed by atoms with Gasteiger partial charge in [-0.25, -0.2) is 5.01 Å². The number of hydrogen-bond donors (Lipinski definition) is 1. The molecule has 2 rings (SSSR count). The summed E-state index contributed by atoms with van der Waals surface area (Å²) in [4.78, 5) is 0. The molecule has 0 saturated heterocycles. The lowest BCUT2D eigenvalue weighted by Crippen LogP contribution is -2.41. The standard InChI is InChI=1S/C10H13N3O/c1-3-10(14)8-6-4-5-7-9(8)11-12-13(10)2/h4-7,14H,3H2,1-2H3/t10-/m1/s1. The average molecular weight is 191 g/mol. The molecule has 0 bridgehead atoms. The van der Waals surface area contributed by atoms with Gasteiger partial charge in [-0.3, -0.25) is 0 Å². The zero-order chi connectivity index (χ0) is 10.2. The van der Waals surface area contributed by atoms with E-state index in [1.165, 1.54) is 5.01 Å². The van der Waals surface area contributed by atoms with E-state index in [4.69, 9.17) is 0 Å². The molecule has 0 spiro atoms. The molecular weight excluding hydrogens is 178 g/mol. The van der Waals surface area contributed by atoms with E-state index in [9.17, 15) is 5.11 Å². The van der Waals surface area contributed by atoms with Crippen molar-refractivity contribution in [1.29, 1.82) is 0 Å². The first-order chi connectivity index (χ1) is 6.68. The van der Waals surface area contributed by atoms with Crippen LogP contribution in [0.25, 0.3) is 0 Å². The first-order valence-electron chi connectivity index (χ1n) is 4.66. The Balaban J connectivity index is 2.59. The van der Waals surface area contributed by atoms with Crippen LogP contribution in [-0.2, 0) is 5.72 Å². The zero-order valence-electron chi connectivity index (χ0n) is 8.31. The molecule has 1 aliphatic rings. The second-order valence-corrected chi connectivity index (χ2v) is 3.40. The normalized spacial score (nSPS) is 24.9. The summed E-state index contributed by atoms with van der Waals surface area (Å²) >= 11 is 0. The summed E-state index contributed by atoms with van der Waals surface area (Å²) in [6.45, 7) is 1.92. The van der Waals surface area contributed by atoms with E-state index in [-0.39, 0.29) is 0 Å². The maximum atomic E-state index is 10.4. The van der Waals surface area contributed by atoms with Crippen LogP contribution in [0.2, 0.25) is 0 Å². The molecule has 4 heteroatoms. The SMILES string of the molecule is CC[C@@]1(O)c2ccccc2N=NN1C. The fourth-order valence-corrected chi connectivity index (χ4v) is 1.68. The van der Waals surface area contributed by atoms with Gasteiger partial charge in [0.15, 0.2) is 5.72 Å². The Morgan fingerprint density at radius 2 is 2.14 bits per heavy atom. The third kappa shape index (κ3) is 1.11. The van der Waals surface area contributed by atoms with Gasteiger partial charge in [0, 0.05) is 12.6 Å². The van der Waals surface area contributed by atoms with Gasteiger partial charge < -0.3 is 5.11 Å². The van der Waals surface area contributed by atoms with Crippen molar-refractivity contribution in [3.05, 3.63) is 29.8 Å². The van der Waals surface area contributed by atoms with Gasteiger partial charge in [0.25, 0.3) is 0 Å². The Labute approximate surface area is 82.9 Å². The van der Waals surface area contributed by atoms with Crippen molar-refractivity contribution in [3.63, 3.8) is 0 Å². The van der Waals surface area contributed by atoms with Crippen LogP contribution in [0.4, 0.5) is 5.69 Å². The molecule has 0 saturated carbocycles. The van der Waals surface area contributed by atoms with Gasteiger partial charge in [0.05, 0.1) is 5.69 Å². The number of nitrogens with zero attached hydrogens (tertiary/aromatic N) is 3. The quantitative estimate of drug-likeness (QED) is 0.739. The Hall–Kier alpha value is -1.42. The van der Waals surface area contributed by atoms with Crippen molar-refractivity contribution < 1.29 is 5.11 Å². The van der Waals surface area contributed by atoms with E-state index >= 15 is 0 Å². The lowest BCUT2D eigenvalue weighted by atomic mass is 9.97. The van der Waals surface area contributed by atoms with Crippen molar-refractivity contribution in [2.75, 3.05) is 7.05 Å². The van der Waals surface area contributed by atoms with E-state index in [2.05, 4.69) is 10.3 Å². The molecule has 0 fully saturated rings. The minimum absolute atomic E-state index is 0.583. The van der Waals surface area contributed by atoms with E-state index in [0.29, 0.717) is 6.42 Å². The van der Waals surface area contributed by atoms with Gasteiger partial charge in [0.1, 0.15) is 0 Å². The van der Waals surface area contributed by atoms with Crippen molar-refractivity contribution in [1.82, 2.24) is 5.01 Å². The van der Waals surface area contributed by atoms with E-state index in [0.717, 1.165) is 11.3 Å². The Morgan fingerprint density at radius 3 is 2.86 bits per heavy atom. The third-order valence-electron chi connectivity index (χ3n) is 2.65. The molecule has 0 amide bonds. The first kappa shape index (κ1) is 9.15. The lowest BCUT2D eigenvalue weighted by molar-refractivity contribution is -0.113. The van der Waals surface area contributed by atoms with Crippen LogP contribution in [0.15, 0.2) is 34.6 Å². The minimum atomic E-state index is -1.02. The molecule has 0 radical (unpaired) electrons. The van der Waals surface area contributed by atoms with E-state index in [1.807, 2.05) is 31.2 Å². The highest BCUT2D eigenvalue weighted by molar-refractivity contribution is 5.49. The molecule has 1 atom stereocenters. The van der Waals surface area contributed by atoms with Gasteiger partial charge in [-0.15, -0.1) is 5.11 Å².